The summed E-state index contributed by atoms with van der Waals surface area (Å²) in [6.45, 7) is 6.57. The van der Waals surface area contributed by atoms with Crippen molar-refractivity contribution in [1.29, 1.82) is 0 Å². The molecule has 0 aliphatic heterocycles. The Hall–Kier alpha value is -0.590. The molecular weight excluding hydrogens is 148 g/mol. The monoisotopic (exact) mass is 166 g/mol. The molecule has 68 valence electrons. The average molecular weight is 166 g/mol. The minimum absolute atomic E-state index is 0.716. The zero-order chi connectivity index (χ0) is 9.14. The molecule has 0 saturated carbocycles. The average Bonchev–Trinajstić information content (AvgIpc) is 2.05. The van der Waals surface area contributed by atoms with Crippen molar-refractivity contribution in [2.45, 2.75) is 40.0 Å². The zero-order valence-corrected chi connectivity index (χ0v) is 8.26. The standard InChI is InChI=1S/C11H18O/c1-8(2)10-5-4-9(3)11(6-10)7-12/h7-8,10H,4-6H2,1-3H3. The van der Waals surface area contributed by atoms with E-state index in [-0.39, 0.29) is 0 Å². The third kappa shape index (κ3) is 1.96. The molecular formula is C11H18O. The van der Waals surface area contributed by atoms with Gasteiger partial charge < -0.3 is 0 Å². The Balaban J connectivity index is 2.67. The first kappa shape index (κ1) is 9.50. The maximum absolute atomic E-state index is 10.7. The molecule has 12 heavy (non-hydrogen) atoms. The van der Waals surface area contributed by atoms with Crippen LogP contribution in [0.5, 0.6) is 0 Å². The van der Waals surface area contributed by atoms with Gasteiger partial charge in [-0.1, -0.05) is 19.4 Å². The lowest BCUT2D eigenvalue weighted by atomic mass is 9.79. The van der Waals surface area contributed by atoms with Crippen molar-refractivity contribution in [3.63, 3.8) is 0 Å². The second-order valence-electron chi connectivity index (χ2n) is 4.17. The number of hydrogen-bond acceptors (Lipinski definition) is 1. The highest BCUT2D eigenvalue weighted by atomic mass is 16.1. The smallest absolute Gasteiger partial charge is 0.145 e. The van der Waals surface area contributed by atoms with E-state index in [2.05, 4.69) is 20.8 Å². The van der Waals surface area contributed by atoms with Gasteiger partial charge in [0.2, 0.25) is 0 Å². The lowest BCUT2D eigenvalue weighted by Gasteiger charge is -2.26. The zero-order valence-electron chi connectivity index (χ0n) is 8.26. The summed E-state index contributed by atoms with van der Waals surface area (Å²) in [5.74, 6) is 1.45. The summed E-state index contributed by atoms with van der Waals surface area (Å²) in [6.07, 6.45) is 4.44. The fourth-order valence-electron chi connectivity index (χ4n) is 1.84. The lowest BCUT2D eigenvalue weighted by Crippen LogP contribution is -2.15. The van der Waals surface area contributed by atoms with Crippen molar-refractivity contribution >= 4 is 6.29 Å². The summed E-state index contributed by atoms with van der Waals surface area (Å²) >= 11 is 0. The Kier molecular flexibility index (Phi) is 3.07. The molecule has 1 atom stereocenters. The fraction of sp³-hybridized carbons (Fsp3) is 0.727. The molecule has 0 aromatic carbocycles. The van der Waals surface area contributed by atoms with E-state index in [1.807, 2.05) is 0 Å². The van der Waals surface area contributed by atoms with E-state index in [1.54, 1.807) is 0 Å². The van der Waals surface area contributed by atoms with Gasteiger partial charge >= 0.3 is 0 Å². The van der Waals surface area contributed by atoms with Gasteiger partial charge in [-0.05, 0) is 43.6 Å². The van der Waals surface area contributed by atoms with Crippen molar-refractivity contribution in [2.75, 3.05) is 0 Å². The van der Waals surface area contributed by atoms with Gasteiger partial charge in [-0.25, -0.2) is 0 Å². The van der Waals surface area contributed by atoms with Crippen molar-refractivity contribution in [1.82, 2.24) is 0 Å². The van der Waals surface area contributed by atoms with E-state index in [1.165, 1.54) is 12.0 Å². The number of hydrogen-bond donors (Lipinski definition) is 0. The molecule has 0 spiro atoms. The number of carbonyl (C=O) groups is 1. The predicted molar refractivity (Wildman–Crippen MR) is 50.9 cm³/mol. The first-order valence-electron chi connectivity index (χ1n) is 4.79. The van der Waals surface area contributed by atoms with Gasteiger partial charge in [0.1, 0.15) is 6.29 Å². The van der Waals surface area contributed by atoms with Crippen LogP contribution >= 0.6 is 0 Å². The Bertz CT molecular complexity index is 201. The van der Waals surface area contributed by atoms with E-state index in [4.69, 9.17) is 0 Å². The quantitative estimate of drug-likeness (QED) is 0.576. The summed E-state index contributed by atoms with van der Waals surface area (Å²) in [4.78, 5) is 10.7. The third-order valence-electron chi connectivity index (χ3n) is 3.01. The van der Waals surface area contributed by atoms with Gasteiger partial charge in [-0.2, -0.15) is 0 Å². The summed E-state index contributed by atoms with van der Waals surface area (Å²) in [5.41, 5.74) is 2.36. The Morgan fingerprint density at radius 3 is 2.67 bits per heavy atom. The van der Waals surface area contributed by atoms with E-state index >= 15 is 0 Å². The normalized spacial score (nSPS) is 24.8. The topological polar surface area (TPSA) is 17.1 Å². The second-order valence-corrected chi connectivity index (χ2v) is 4.17. The SMILES string of the molecule is CC1=C(C=O)CC(C(C)C)CC1. The largest absolute Gasteiger partial charge is 0.298 e. The van der Waals surface area contributed by atoms with Gasteiger partial charge in [0.25, 0.3) is 0 Å². The van der Waals surface area contributed by atoms with Crippen molar-refractivity contribution in [3.05, 3.63) is 11.1 Å². The molecule has 1 heteroatoms. The summed E-state index contributed by atoms with van der Waals surface area (Å²) < 4.78 is 0. The van der Waals surface area contributed by atoms with Crippen LogP contribution < -0.4 is 0 Å². The van der Waals surface area contributed by atoms with Gasteiger partial charge in [-0.3, -0.25) is 4.79 Å². The molecule has 0 saturated heterocycles. The lowest BCUT2D eigenvalue weighted by molar-refractivity contribution is -0.105. The molecule has 1 nitrogen and oxygen atoms in total. The van der Waals surface area contributed by atoms with Crippen LogP contribution in [0.3, 0.4) is 0 Å². The molecule has 1 aliphatic carbocycles. The van der Waals surface area contributed by atoms with Crippen molar-refractivity contribution in [3.8, 4) is 0 Å². The van der Waals surface area contributed by atoms with E-state index in [9.17, 15) is 4.79 Å². The molecule has 0 N–H and O–H groups in total. The number of rotatable bonds is 2. The molecule has 0 amide bonds. The molecule has 0 radical (unpaired) electrons. The summed E-state index contributed by atoms with van der Waals surface area (Å²) in [6, 6.07) is 0. The number of allylic oxidation sites excluding steroid dienone is 2. The third-order valence-corrected chi connectivity index (χ3v) is 3.01. The Morgan fingerprint density at radius 1 is 1.50 bits per heavy atom. The first-order chi connectivity index (χ1) is 5.65. The Labute approximate surface area is 74.9 Å². The molecule has 1 aliphatic rings. The molecule has 0 heterocycles. The van der Waals surface area contributed by atoms with Gasteiger partial charge in [0.15, 0.2) is 0 Å². The highest BCUT2D eigenvalue weighted by molar-refractivity contribution is 5.74. The predicted octanol–water partition coefficient (Wildman–Crippen LogP) is 2.96. The summed E-state index contributed by atoms with van der Waals surface area (Å²) in [7, 11) is 0. The van der Waals surface area contributed by atoms with Gasteiger partial charge in [0, 0.05) is 0 Å². The summed E-state index contributed by atoms with van der Waals surface area (Å²) in [5, 5.41) is 0. The second kappa shape index (κ2) is 3.88. The van der Waals surface area contributed by atoms with Crippen LogP contribution in [0.15, 0.2) is 11.1 Å². The molecule has 1 unspecified atom stereocenters. The van der Waals surface area contributed by atoms with Crippen LogP contribution in [0.4, 0.5) is 0 Å². The Morgan fingerprint density at radius 2 is 2.17 bits per heavy atom. The highest BCUT2D eigenvalue weighted by Crippen LogP contribution is 2.32. The minimum Gasteiger partial charge on any atom is -0.298 e. The van der Waals surface area contributed by atoms with E-state index in [0.29, 0.717) is 5.92 Å². The van der Waals surface area contributed by atoms with Crippen LogP contribution in [-0.4, -0.2) is 6.29 Å². The first-order valence-corrected chi connectivity index (χ1v) is 4.79. The maximum atomic E-state index is 10.7. The molecule has 1 rings (SSSR count). The molecule has 0 fully saturated rings. The number of aldehydes is 1. The van der Waals surface area contributed by atoms with Crippen LogP contribution in [-0.2, 0) is 4.79 Å². The van der Waals surface area contributed by atoms with E-state index < -0.39 is 0 Å². The molecule has 0 aromatic heterocycles. The van der Waals surface area contributed by atoms with Crippen LogP contribution in [0.2, 0.25) is 0 Å². The fourth-order valence-corrected chi connectivity index (χ4v) is 1.84. The van der Waals surface area contributed by atoms with E-state index in [0.717, 1.165) is 30.6 Å². The molecule has 0 aromatic rings. The van der Waals surface area contributed by atoms with Crippen LogP contribution in [0, 0.1) is 11.8 Å². The number of carbonyl (C=O) groups excluding carboxylic acids is 1. The van der Waals surface area contributed by atoms with Crippen molar-refractivity contribution < 1.29 is 4.79 Å². The van der Waals surface area contributed by atoms with Crippen LogP contribution in [0.1, 0.15) is 40.0 Å². The maximum Gasteiger partial charge on any atom is 0.145 e. The van der Waals surface area contributed by atoms with Crippen molar-refractivity contribution in [2.24, 2.45) is 11.8 Å². The highest BCUT2D eigenvalue weighted by Gasteiger charge is 2.20. The van der Waals surface area contributed by atoms with Gasteiger partial charge in [0.05, 0.1) is 0 Å². The minimum atomic E-state index is 0.716. The molecule has 0 bridgehead atoms. The van der Waals surface area contributed by atoms with Gasteiger partial charge in [-0.15, -0.1) is 0 Å². The van der Waals surface area contributed by atoms with Crippen LogP contribution in [0.25, 0.3) is 0 Å².